The zero-order valence-corrected chi connectivity index (χ0v) is 18.8. The summed E-state index contributed by atoms with van der Waals surface area (Å²) in [5.41, 5.74) is 0.398. The van der Waals surface area contributed by atoms with Gasteiger partial charge in [-0.3, -0.25) is 4.79 Å². The van der Waals surface area contributed by atoms with E-state index >= 15 is 0 Å². The number of carbonyl (C=O) groups is 1. The van der Waals surface area contributed by atoms with Gasteiger partial charge in [-0.1, -0.05) is 29.3 Å². The summed E-state index contributed by atoms with van der Waals surface area (Å²) in [5, 5.41) is 10.2. The summed E-state index contributed by atoms with van der Waals surface area (Å²) in [6.45, 7) is 1.59. The molecule has 2 atom stereocenters. The number of nitrogens with zero attached hydrogens (tertiary/aromatic N) is 2. The van der Waals surface area contributed by atoms with Gasteiger partial charge in [-0.05, 0) is 70.9 Å². The molecule has 0 saturated heterocycles. The molecule has 0 aliphatic rings. The van der Waals surface area contributed by atoms with Crippen LogP contribution in [0.25, 0.3) is 0 Å². The maximum atomic E-state index is 12.8. The van der Waals surface area contributed by atoms with Crippen molar-refractivity contribution in [3.8, 4) is 23.4 Å². The number of carbonyl (C=O) groups excluding carboxylic acids is 1. The molecule has 0 saturated carbocycles. The Bertz CT molecular complexity index is 1080. The minimum atomic E-state index is -1.06. The number of pyridine rings is 1. The summed E-state index contributed by atoms with van der Waals surface area (Å²) in [5.74, 6) is 0.0222. The van der Waals surface area contributed by atoms with Crippen LogP contribution in [-0.4, -0.2) is 16.9 Å². The van der Waals surface area contributed by atoms with Crippen LogP contribution in [0, 0.1) is 11.3 Å². The molecule has 0 N–H and O–H groups in total. The number of aromatic nitrogens is 1. The van der Waals surface area contributed by atoms with Crippen LogP contribution in [0.2, 0.25) is 10.0 Å². The summed E-state index contributed by atoms with van der Waals surface area (Å²) in [4.78, 5) is 16.9. The molecule has 0 bridgehead atoms. The van der Waals surface area contributed by atoms with E-state index in [0.717, 1.165) is 4.47 Å². The second-order valence-corrected chi connectivity index (χ2v) is 8.04. The van der Waals surface area contributed by atoms with Gasteiger partial charge in [-0.15, -0.1) is 0 Å². The molecule has 30 heavy (non-hydrogen) atoms. The maximum absolute atomic E-state index is 12.8. The number of rotatable bonds is 7. The minimum absolute atomic E-state index is 0.262. The van der Waals surface area contributed by atoms with Crippen molar-refractivity contribution < 1.29 is 14.3 Å². The van der Waals surface area contributed by atoms with Crippen molar-refractivity contribution in [2.45, 2.75) is 18.9 Å². The Morgan fingerprint density at radius 1 is 1.10 bits per heavy atom. The van der Waals surface area contributed by atoms with E-state index < -0.39 is 17.8 Å². The summed E-state index contributed by atoms with van der Waals surface area (Å²) in [6.07, 6.45) is 0.778. The van der Waals surface area contributed by atoms with Gasteiger partial charge < -0.3 is 9.47 Å². The molecule has 1 heterocycles. The van der Waals surface area contributed by atoms with Crippen LogP contribution in [-0.2, 0) is 4.79 Å². The summed E-state index contributed by atoms with van der Waals surface area (Å²) in [6, 6.07) is 17.0. The number of hydrogen-bond donors (Lipinski definition) is 0. The lowest BCUT2D eigenvalue weighted by Gasteiger charge is -2.18. The number of hydrogen-bond acceptors (Lipinski definition) is 5. The summed E-state index contributed by atoms with van der Waals surface area (Å²) in [7, 11) is 0. The molecule has 0 aliphatic carbocycles. The molecule has 0 spiro atoms. The van der Waals surface area contributed by atoms with Crippen molar-refractivity contribution in [3.05, 3.63) is 80.9 Å². The Balaban J connectivity index is 1.67. The van der Waals surface area contributed by atoms with Crippen LogP contribution in [0.5, 0.6) is 17.4 Å². The van der Waals surface area contributed by atoms with Gasteiger partial charge in [0.1, 0.15) is 17.4 Å². The lowest BCUT2D eigenvalue weighted by atomic mass is 9.93. The molecule has 3 rings (SSSR count). The maximum Gasteiger partial charge on any atom is 0.219 e. The molecule has 0 amide bonds. The quantitative estimate of drug-likeness (QED) is 0.362. The Morgan fingerprint density at radius 2 is 1.80 bits per heavy atom. The zero-order chi connectivity index (χ0) is 21.7. The first-order valence-electron chi connectivity index (χ1n) is 8.82. The fraction of sp³-hybridized carbons (Fsp3) is 0.136. The summed E-state index contributed by atoms with van der Waals surface area (Å²) < 4.78 is 12.2. The van der Waals surface area contributed by atoms with E-state index in [2.05, 4.69) is 20.9 Å². The molecule has 0 radical (unpaired) electrons. The van der Waals surface area contributed by atoms with Crippen molar-refractivity contribution in [3.63, 3.8) is 0 Å². The molecular weight excluding hydrogens is 491 g/mol. The van der Waals surface area contributed by atoms with Crippen LogP contribution < -0.4 is 9.47 Å². The molecule has 0 aliphatic heterocycles. The van der Waals surface area contributed by atoms with E-state index in [1.165, 1.54) is 6.07 Å². The van der Waals surface area contributed by atoms with E-state index in [9.17, 15) is 10.1 Å². The number of nitriles is 1. The topological polar surface area (TPSA) is 72.2 Å². The SMILES string of the molecule is CC(Oc1ccc(Oc2ccc(Br)cn2)cc1)C(=O)C(C#N)c1ccc(Cl)cc1Cl. The molecule has 2 aromatic carbocycles. The van der Waals surface area contributed by atoms with Crippen molar-refractivity contribution in [2.75, 3.05) is 0 Å². The van der Waals surface area contributed by atoms with Crippen molar-refractivity contribution in [2.24, 2.45) is 0 Å². The molecule has 1 aromatic heterocycles. The normalized spacial score (nSPS) is 12.5. The lowest BCUT2D eigenvalue weighted by Crippen LogP contribution is -2.29. The average Bonchev–Trinajstić information content (AvgIpc) is 2.73. The van der Waals surface area contributed by atoms with Crippen LogP contribution in [0.1, 0.15) is 18.4 Å². The number of ether oxygens (including phenoxy) is 2. The largest absolute Gasteiger partial charge is 0.483 e. The molecule has 5 nitrogen and oxygen atoms in total. The molecular formula is C22H15BrCl2N2O3. The van der Waals surface area contributed by atoms with Crippen molar-refractivity contribution in [1.29, 1.82) is 5.26 Å². The fourth-order valence-electron chi connectivity index (χ4n) is 2.65. The van der Waals surface area contributed by atoms with E-state index in [1.807, 2.05) is 12.1 Å². The van der Waals surface area contributed by atoms with Gasteiger partial charge >= 0.3 is 0 Å². The van der Waals surface area contributed by atoms with Crippen molar-refractivity contribution in [1.82, 2.24) is 4.98 Å². The molecule has 2 unspecified atom stereocenters. The number of halogens is 3. The highest BCUT2D eigenvalue weighted by Gasteiger charge is 2.28. The second kappa shape index (κ2) is 9.94. The van der Waals surface area contributed by atoms with Crippen LogP contribution >= 0.6 is 39.1 Å². The van der Waals surface area contributed by atoms with E-state index in [-0.39, 0.29) is 5.02 Å². The monoisotopic (exact) mass is 504 g/mol. The van der Waals surface area contributed by atoms with Gasteiger partial charge in [0, 0.05) is 26.8 Å². The first kappa shape index (κ1) is 22.1. The molecule has 152 valence electrons. The van der Waals surface area contributed by atoms with Gasteiger partial charge in [-0.25, -0.2) is 4.98 Å². The van der Waals surface area contributed by atoms with Crippen LogP contribution in [0.3, 0.4) is 0 Å². The number of Topliss-reactive ketones (excluding diaryl/α,β-unsaturated/α-hetero) is 1. The van der Waals surface area contributed by atoms with Crippen molar-refractivity contribution >= 4 is 44.9 Å². The Kier molecular flexibility index (Phi) is 7.33. The van der Waals surface area contributed by atoms with Crippen LogP contribution in [0.15, 0.2) is 65.3 Å². The smallest absolute Gasteiger partial charge is 0.219 e. The number of ketones is 1. The Morgan fingerprint density at radius 3 is 2.40 bits per heavy atom. The fourth-order valence-corrected chi connectivity index (χ4v) is 3.40. The second-order valence-electron chi connectivity index (χ2n) is 6.28. The molecule has 3 aromatic rings. The minimum Gasteiger partial charge on any atom is -0.483 e. The predicted octanol–water partition coefficient (Wildman–Crippen LogP) is 6.59. The van der Waals surface area contributed by atoms with Gasteiger partial charge in [0.25, 0.3) is 0 Å². The zero-order valence-electron chi connectivity index (χ0n) is 15.7. The summed E-state index contributed by atoms with van der Waals surface area (Å²) >= 11 is 15.4. The number of benzene rings is 2. The predicted molar refractivity (Wildman–Crippen MR) is 118 cm³/mol. The van der Waals surface area contributed by atoms with Gasteiger partial charge in [0.15, 0.2) is 11.9 Å². The van der Waals surface area contributed by atoms with Gasteiger partial charge in [0.05, 0.1) is 6.07 Å². The third-order valence-electron chi connectivity index (χ3n) is 4.15. The standard InChI is InChI=1S/C22H15BrCl2N2O3/c1-13(22(28)19(11-26)18-8-3-15(24)10-20(18)25)29-16-4-6-17(7-5-16)30-21-9-2-14(23)12-27-21/h2-10,12-13,19H,1H3. The first-order valence-corrected chi connectivity index (χ1v) is 10.4. The Labute approximate surface area is 192 Å². The highest BCUT2D eigenvalue weighted by atomic mass is 79.9. The third kappa shape index (κ3) is 5.51. The van der Waals surface area contributed by atoms with E-state index in [1.54, 1.807) is 55.6 Å². The third-order valence-corrected chi connectivity index (χ3v) is 5.18. The first-order chi connectivity index (χ1) is 14.4. The average molecular weight is 506 g/mol. The van der Waals surface area contributed by atoms with Gasteiger partial charge in [-0.2, -0.15) is 5.26 Å². The highest BCUT2D eigenvalue weighted by molar-refractivity contribution is 9.10. The van der Waals surface area contributed by atoms with Gasteiger partial charge in [0.2, 0.25) is 5.88 Å². The van der Waals surface area contributed by atoms with E-state index in [0.29, 0.717) is 28.0 Å². The Hall–Kier alpha value is -2.59. The molecule has 8 heteroatoms. The highest BCUT2D eigenvalue weighted by Crippen LogP contribution is 2.30. The van der Waals surface area contributed by atoms with E-state index in [4.69, 9.17) is 32.7 Å². The lowest BCUT2D eigenvalue weighted by molar-refractivity contribution is -0.125. The molecule has 0 fully saturated rings. The van der Waals surface area contributed by atoms with Crippen LogP contribution in [0.4, 0.5) is 0 Å².